The fraction of sp³-hybridized carbons (Fsp3) is 0.500. The summed E-state index contributed by atoms with van der Waals surface area (Å²) in [5, 5.41) is 3.23. The van der Waals surface area contributed by atoms with Crippen LogP contribution in [0, 0.1) is 0 Å². The first-order chi connectivity index (χ1) is 9.94. The SMILES string of the molecule is CN1CCN=C1NCc1ccc(COCC(F)(F)F)cc1.I. The Bertz CT molecular complexity index is 491. The normalized spacial score (nSPS) is 14.5. The molecule has 22 heavy (non-hydrogen) atoms. The van der Waals surface area contributed by atoms with E-state index in [1.54, 1.807) is 12.1 Å². The molecule has 0 spiro atoms. The van der Waals surface area contributed by atoms with Gasteiger partial charge < -0.3 is 15.0 Å². The molecular formula is C14H19F3IN3O. The number of alkyl halides is 3. The summed E-state index contributed by atoms with van der Waals surface area (Å²) >= 11 is 0. The van der Waals surface area contributed by atoms with Gasteiger partial charge in [-0.25, -0.2) is 0 Å². The molecule has 1 heterocycles. The number of benzene rings is 1. The molecule has 1 aliphatic heterocycles. The Balaban J connectivity index is 0.00000242. The molecule has 2 rings (SSSR count). The molecule has 0 fully saturated rings. The van der Waals surface area contributed by atoms with Crippen molar-refractivity contribution in [2.24, 2.45) is 4.99 Å². The van der Waals surface area contributed by atoms with Gasteiger partial charge >= 0.3 is 6.18 Å². The number of rotatable bonds is 5. The molecule has 0 radical (unpaired) electrons. The molecule has 1 aromatic rings. The smallest absolute Gasteiger partial charge is 0.367 e. The van der Waals surface area contributed by atoms with E-state index >= 15 is 0 Å². The van der Waals surface area contributed by atoms with Gasteiger partial charge in [-0.1, -0.05) is 24.3 Å². The molecule has 4 nitrogen and oxygen atoms in total. The van der Waals surface area contributed by atoms with Gasteiger partial charge in [0.15, 0.2) is 5.96 Å². The van der Waals surface area contributed by atoms with Crippen molar-refractivity contribution >= 4 is 29.9 Å². The quantitative estimate of drug-likeness (QED) is 0.732. The minimum Gasteiger partial charge on any atom is -0.367 e. The number of hydrogen-bond donors (Lipinski definition) is 1. The van der Waals surface area contributed by atoms with Crippen LogP contribution in [-0.2, 0) is 17.9 Å². The first kappa shape index (κ1) is 19.0. The first-order valence-electron chi connectivity index (χ1n) is 6.66. The molecule has 0 bridgehead atoms. The molecule has 0 amide bonds. The van der Waals surface area contributed by atoms with Crippen molar-refractivity contribution in [2.45, 2.75) is 19.3 Å². The van der Waals surface area contributed by atoms with E-state index in [0.29, 0.717) is 6.54 Å². The molecule has 0 saturated heterocycles. The second-order valence-electron chi connectivity index (χ2n) is 4.90. The zero-order chi connectivity index (χ0) is 15.3. The maximum absolute atomic E-state index is 12.0. The minimum atomic E-state index is -4.28. The Hall–Kier alpha value is -1.03. The molecule has 0 aliphatic carbocycles. The van der Waals surface area contributed by atoms with E-state index in [9.17, 15) is 13.2 Å². The predicted molar refractivity (Wildman–Crippen MR) is 89.3 cm³/mol. The minimum absolute atomic E-state index is 0. The molecule has 0 saturated carbocycles. The molecule has 0 aromatic heterocycles. The zero-order valence-electron chi connectivity index (χ0n) is 12.2. The van der Waals surface area contributed by atoms with Gasteiger partial charge in [0, 0.05) is 20.1 Å². The topological polar surface area (TPSA) is 36.9 Å². The summed E-state index contributed by atoms with van der Waals surface area (Å²) in [6.07, 6.45) is -4.28. The second-order valence-corrected chi connectivity index (χ2v) is 4.90. The van der Waals surface area contributed by atoms with Crippen LogP contribution in [0.25, 0.3) is 0 Å². The van der Waals surface area contributed by atoms with E-state index in [1.807, 2.05) is 24.1 Å². The van der Waals surface area contributed by atoms with E-state index in [-0.39, 0.29) is 30.6 Å². The highest BCUT2D eigenvalue weighted by Crippen LogP contribution is 2.15. The highest BCUT2D eigenvalue weighted by atomic mass is 127. The average Bonchev–Trinajstić information content (AvgIpc) is 2.82. The Morgan fingerprint density at radius 2 is 1.86 bits per heavy atom. The molecule has 1 N–H and O–H groups in total. The van der Waals surface area contributed by atoms with Crippen LogP contribution in [0.3, 0.4) is 0 Å². The molecule has 0 atom stereocenters. The molecule has 124 valence electrons. The van der Waals surface area contributed by atoms with Crippen LogP contribution >= 0.6 is 24.0 Å². The van der Waals surface area contributed by atoms with E-state index in [0.717, 1.165) is 30.2 Å². The van der Waals surface area contributed by atoms with Gasteiger partial charge in [0.25, 0.3) is 0 Å². The summed E-state index contributed by atoms with van der Waals surface area (Å²) in [6, 6.07) is 7.28. The van der Waals surface area contributed by atoms with Crippen molar-refractivity contribution in [3.05, 3.63) is 35.4 Å². The third-order valence-corrected chi connectivity index (χ3v) is 3.07. The van der Waals surface area contributed by atoms with Crippen molar-refractivity contribution < 1.29 is 17.9 Å². The van der Waals surface area contributed by atoms with E-state index in [1.165, 1.54) is 0 Å². The lowest BCUT2D eigenvalue weighted by Gasteiger charge is -2.15. The fourth-order valence-electron chi connectivity index (χ4n) is 1.94. The van der Waals surface area contributed by atoms with Gasteiger partial charge in [-0.3, -0.25) is 4.99 Å². The van der Waals surface area contributed by atoms with Crippen LogP contribution in [-0.4, -0.2) is 43.8 Å². The van der Waals surface area contributed by atoms with Crippen LogP contribution in [0.5, 0.6) is 0 Å². The molecule has 8 heteroatoms. The Kier molecular flexibility index (Phi) is 7.40. The number of nitrogens with zero attached hydrogens (tertiary/aromatic N) is 2. The lowest BCUT2D eigenvalue weighted by Crippen LogP contribution is -2.35. The molecule has 0 unspecified atom stereocenters. The molecular weight excluding hydrogens is 410 g/mol. The van der Waals surface area contributed by atoms with Gasteiger partial charge in [0.1, 0.15) is 6.61 Å². The standard InChI is InChI=1S/C14H18F3N3O.HI/c1-20-7-6-18-13(20)19-8-11-2-4-12(5-3-11)9-21-10-14(15,16)17;/h2-5H,6-10H2,1H3,(H,18,19);1H. The van der Waals surface area contributed by atoms with Crippen molar-refractivity contribution in [1.29, 1.82) is 0 Å². The number of guanidine groups is 1. The number of aliphatic imine (C=N–C) groups is 1. The average molecular weight is 429 g/mol. The third-order valence-electron chi connectivity index (χ3n) is 3.07. The van der Waals surface area contributed by atoms with E-state index in [4.69, 9.17) is 0 Å². The lowest BCUT2D eigenvalue weighted by atomic mass is 10.1. The Morgan fingerprint density at radius 3 is 2.41 bits per heavy atom. The summed E-state index contributed by atoms with van der Waals surface area (Å²) in [4.78, 5) is 6.36. The highest BCUT2D eigenvalue weighted by molar-refractivity contribution is 14.0. The fourth-order valence-corrected chi connectivity index (χ4v) is 1.94. The first-order valence-corrected chi connectivity index (χ1v) is 6.66. The van der Waals surface area contributed by atoms with Gasteiger partial charge in [0.05, 0.1) is 13.2 Å². The van der Waals surface area contributed by atoms with Gasteiger partial charge in [0.2, 0.25) is 0 Å². The highest BCUT2D eigenvalue weighted by Gasteiger charge is 2.27. The predicted octanol–water partition coefficient (Wildman–Crippen LogP) is 2.77. The number of nitrogens with one attached hydrogen (secondary N) is 1. The lowest BCUT2D eigenvalue weighted by molar-refractivity contribution is -0.176. The van der Waals surface area contributed by atoms with Gasteiger partial charge in [-0.15, -0.1) is 24.0 Å². The van der Waals surface area contributed by atoms with Crippen LogP contribution < -0.4 is 5.32 Å². The van der Waals surface area contributed by atoms with E-state index < -0.39 is 12.8 Å². The third kappa shape index (κ3) is 6.39. The molecule has 1 aromatic carbocycles. The number of hydrogen-bond acceptors (Lipinski definition) is 4. The van der Waals surface area contributed by atoms with Gasteiger partial charge in [-0.2, -0.15) is 13.2 Å². The van der Waals surface area contributed by atoms with Gasteiger partial charge in [-0.05, 0) is 11.1 Å². The van der Waals surface area contributed by atoms with Crippen molar-refractivity contribution in [3.8, 4) is 0 Å². The second kappa shape index (κ2) is 8.56. The Labute approximate surface area is 144 Å². The van der Waals surface area contributed by atoms with Crippen LogP contribution in [0.2, 0.25) is 0 Å². The monoisotopic (exact) mass is 429 g/mol. The van der Waals surface area contributed by atoms with Crippen molar-refractivity contribution in [1.82, 2.24) is 10.2 Å². The Morgan fingerprint density at radius 1 is 1.23 bits per heavy atom. The number of ether oxygens (including phenoxy) is 1. The molecule has 1 aliphatic rings. The maximum Gasteiger partial charge on any atom is 0.411 e. The summed E-state index contributed by atoms with van der Waals surface area (Å²) in [5.74, 6) is 0.868. The summed E-state index contributed by atoms with van der Waals surface area (Å²) in [7, 11) is 1.97. The maximum atomic E-state index is 12.0. The largest absolute Gasteiger partial charge is 0.411 e. The summed E-state index contributed by atoms with van der Waals surface area (Å²) in [5.41, 5.74) is 1.76. The van der Waals surface area contributed by atoms with Crippen LogP contribution in [0.1, 0.15) is 11.1 Å². The summed E-state index contributed by atoms with van der Waals surface area (Å²) < 4.78 is 40.5. The van der Waals surface area contributed by atoms with Crippen LogP contribution in [0.15, 0.2) is 29.3 Å². The van der Waals surface area contributed by atoms with Crippen molar-refractivity contribution in [3.63, 3.8) is 0 Å². The van der Waals surface area contributed by atoms with Crippen LogP contribution in [0.4, 0.5) is 13.2 Å². The zero-order valence-corrected chi connectivity index (χ0v) is 14.5. The number of halogens is 4. The number of likely N-dealkylation sites (N-methyl/N-ethyl adjacent to an activating group) is 1. The van der Waals surface area contributed by atoms with E-state index in [2.05, 4.69) is 15.0 Å². The summed E-state index contributed by atoms with van der Waals surface area (Å²) in [6.45, 7) is 1.09. The van der Waals surface area contributed by atoms with Crippen molar-refractivity contribution in [2.75, 3.05) is 26.7 Å².